The molecule has 0 radical (unpaired) electrons. The average Bonchev–Trinajstić information content (AvgIpc) is 2.18. The van der Waals surface area contributed by atoms with Gasteiger partial charge in [0.15, 0.2) is 0 Å². The van der Waals surface area contributed by atoms with E-state index < -0.39 is 0 Å². The Hall–Kier alpha value is -1.64. The summed E-state index contributed by atoms with van der Waals surface area (Å²) in [5.74, 6) is -0.0825. The molecule has 14 heavy (non-hydrogen) atoms. The molecule has 0 unspecified atom stereocenters. The van der Waals surface area contributed by atoms with Crippen molar-refractivity contribution in [3.05, 3.63) is 35.9 Å². The molecule has 0 saturated heterocycles. The minimum absolute atomic E-state index is 0.0825. The Morgan fingerprint density at radius 2 is 2.00 bits per heavy atom. The number of carbonyl (C=O) groups excluding carboxylic acids is 2. The van der Waals surface area contributed by atoms with Gasteiger partial charge in [-0.25, -0.2) is 0 Å². The van der Waals surface area contributed by atoms with Gasteiger partial charge in [0.25, 0.3) is 0 Å². The fourth-order valence-corrected chi connectivity index (χ4v) is 1.20. The maximum Gasteiger partial charge on any atom is 0.220 e. The van der Waals surface area contributed by atoms with Crippen LogP contribution in [0.4, 0.5) is 0 Å². The highest BCUT2D eigenvalue weighted by atomic mass is 16.2. The van der Waals surface area contributed by atoms with E-state index in [0.29, 0.717) is 6.54 Å². The van der Waals surface area contributed by atoms with E-state index in [0.717, 1.165) is 11.8 Å². The van der Waals surface area contributed by atoms with Gasteiger partial charge in [-0.1, -0.05) is 30.3 Å². The van der Waals surface area contributed by atoms with E-state index in [2.05, 4.69) is 0 Å². The third kappa shape index (κ3) is 3.01. The first-order valence-electron chi connectivity index (χ1n) is 4.47. The van der Waals surface area contributed by atoms with Crippen LogP contribution in [0.1, 0.15) is 12.5 Å². The van der Waals surface area contributed by atoms with E-state index in [1.807, 2.05) is 30.3 Å². The zero-order valence-electron chi connectivity index (χ0n) is 8.14. The van der Waals surface area contributed by atoms with E-state index in [9.17, 15) is 9.59 Å². The molecule has 1 rings (SSSR count). The third-order valence-corrected chi connectivity index (χ3v) is 1.96. The summed E-state index contributed by atoms with van der Waals surface area (Å²) >= 11 is 0. The van der Waals surface area contributed by atoms with Crippen LogP contribution in [0.5, 0.6) is 0 Å². The average molecular weight is 191 g/mol. The molecular weight excluding hydrogens is 178 g/mol. The highest BCUT2D eigenvalue weighted by Crippen LogP contribution is 2.03. The van der Waals surface area contributed by atoms with Gasteiger partial charge in [-0.15, -0.1) is 0 Å². The maximum absolute atomic E-state index is 11.1. The molecule has 0 saturated carbocycles. The van der Waals surface area contributed by atoms with E-state index in [1.54, 1.807) is 0 Å². The quantitative estimate of drug-likeness (QED) is 0.671. The smallest absolute Gasteiger partial charge is 0.220 e. The summed E-state index contributed by atoms with van der Waals surface area (Å²) in [4.78, 5) is 22.9. The molecule has 0 N–H and O–H groups in total. The number of amides is 1. The lowest BCUT2D eigenvalue weighted by Crippen LogP contribution is -2.29. The second-order valence-electron chi connectivity index (χ2n) is 3.05. The lowest BCUT2D eigenvalue weighted by molar-refractivity contribution is -0.131. The summed E-state index contributed by atoms with van der Waals surface area (Å²) in [5.41, 5.74) is 1.03. The second-order valence-corrected chi connectivity index (χ2v) is 3.05. The molecule has 0 bridgehead atoms. The fourth-order valence-electron chi connectivity index (χ4n) is 1.20. The number of hydrogen-bond donors (Lipinski definition) is 0. The highest BCUT2D eigenvalue weighted by Gasteiger charge is 2.07. The summed E-state index contributed by atoms with van der Waals surface area (Å²) in [7, 11) is 0. The molecule has 0 atom stereocenters. The summed E-state index contributed by atoms with van der Waals surface area (Å²) in [6.07, 6.45) is 0.740. The van der Waals surface area contributed by atoms with Crippen molar-refractivity contribution in [3.63, 3.8) is 0 Å². The van der Waals surface area contributed by atoms with E-state index >= 15 is 0 Å². The number of aldehydes is 1. The van der Waals surface area contributed by atoms with Gasteiger partial charge >= 0.3 is 0 Å². The Morgan fingerprint density at radius 1 is 1.36 bits per heavy atom. The maximum atomic E-state index is 11.1. The van der Waals surface area contributed by atoms with Crippen molar-refractivity contribution in [1.82, 2.24) is 4.90 Å². The molecule has 3 heteroatoms. The lowest BCUT2D eigenvalue weighted by atomic mass is 10.2. The van der Waals surface area contributed by atoms with Crippen LogP contribution in [0.2, 0.25) is 0 Å². The predicted octanol–water partition coefficient (Wildman–Crippen LogP) is 1.23. The van der Waals surface area contributed by atoms with Gasteiger partial charge < -0.3 is 9.69 Å². The Kier molecular flexibility index (Phi) is 3.85. The van der Waals surface area contributed by atoms with Crippen LogP contribution in [0.25, 0.3) is 0 Å². The molecule has 0 fully saturated rings. The van der Waals surface area contributed by atoms with Crippen LogP contribution in [0.3, 0.4) is 0 Å². The second kappa shape index (κ2) is 5.17. The SMILES string of the molecule is CC(=O)N(CC=O)Cc1ccccc1. The van der Waals surface area contributed by atoms with Crippen molar-refractivity contribution in [2.24, 2.45) is 0 Å². The number of rotatable bonds is 4. The first-order valence-corrected chi connectivity index (χ1v) is 4.47. The number of benzene rings is 1. The Bertz CT molecular complexity index is 308. The molecule has 1 amide bonds. The Labute approximate surface area is 83.3 Å². The molecule has 0 aliphatic rings. The molecule has 3 nitrogen and oxygen atoms in total. The van der Waals surface area contributed by atoms with Crippen molar-refractivity contribution in [2.75, 3.05) is 6.54 Å². The standard InChI is InChI=1S/C11H13NO2/c1-10(14)12(7-8-13)9-11-5-3-2-4-6-11/h2-6,8H,7,9H2,1H3. The molecule has 0 spiro atoms. The highest BCUT2D eigenvalue weighted by molar-refractivity contribution is 5.75. The first-order chi connectivity index (χ1) is 6.74. The number of nitrogens with zero attached hydrogens (tertiary/aromatic N) is 1. The molecule has 1 aromatic carbocycles. The molecule has 0 aromatic heterocycles. The van der Waals surface area contributed by atoms with Gasteiger partial charge in [-0.2, -0.15) is 0 Å². The first kappa shape index (κ1) is 10.4. The number of hydrogen-bond acceptors (Lipinski definition) is 2. The summed E-state index contributed by atoms with van der Waals surface area (Å²) in [6.45, 7) is 2.12. The van der Waals surface area contributed by atoms with Crippen LogP contribution in [-0.2, 0) is 16.1 Å². The topological polar surface area (TPSA) is 37.4 Å². The van der Waals surface area contributed by atoms with Crippen molar-refractivity contribution in [3.8, 4) is 0 Å². The van der Waals surface area contributed by atoms with Crippen molar-refractivity contribution in [1.29, 1.82) is 0 Å². The molecule has 0 aliphatic carbocycles. The van der Waals surface area contributed by atoms with Crippen LogP contribution >= 0.6 is 0 Å². The van der Waals surface area contributed by atoms with Crippen LogP contribution in [0, 0.1) is 0 Å². The molecule has 0 heterocycles. The van der Waals surface area contributed by atoms with Gasteiger partial charge in [0.05, 0.1) is 6.54 Å². The molecule has 1 aromatic rings. The summed E-state index contributed by atoms with van der Waals surface area (Å²) < 4.78 is 0. The van der Waals surface area contributed by atoms with Crippen molar-refractivity contribution >= 4 is 12.2 Å². The summed E-state index contributed by atoms with van der Waals surface area (Å²) in [5, 5.41) is 0. The zero-order chi connectivity index (χ0) is 10.4. The van der Waals surface area contributed by atoms with Gasteiger partial charge in [0, 0.05) is 13.5 Å². The summed E-state index contributed by atoms with van der Waals surface area (Å²) in [6, 6.07) is 9.60. The van der Waals surface area contributed by atoms with Crippen LogP contribution < -0.4 is 0 Å². The zero-order valence-corrected chi connectivity index (χ0v) is 8.14. The Morgan fingerprint density at radius 3 is 2.50 bits per heavy atom. The molecular formula is C11H13NO2. The monoisotopic (exact) mass is 191 g/mol. The van der Waals surface area contributed by atoms with Gasteiger partial charge in [0.1, 0.15) is 6.29 Å². The number of carbonyl (C=O) groups is 2. The molecule has 0 aliphatic heterocycles. The normalized spacial score (nSPS) is 9.50. The van der Waals surface area contributed by atoms with Gasteiger partial charge in [-0.05, 0) is 5.56 Å². The van der Waals surface area contributed by atoms with Gasteiger partial charge in [0.2, 0.25) is 5.91 Å². The third-order valence-electron chi connectivity index (χ3n) is 1.96. The fraction of sp³-hybridized carbons (Fsp3) is 0.273. The van der Waals surface area contributed by atoms with Crippen LogP contribution in [0.15, 0.2) is 30.3 Å². The van der Waals surface area contributed by atoms with E-state index in [1.165, 1.54) is 11.8 Å². The van der Waals surface area contributed by atoms with Crippen molar-refractivity contribution in [2.45, 2.75) is 13.5 Å². The minimum atomic E-state index is -0.0825. The van der Waals surface area contributed by atoms with E-state index in [4.69, 9.17) is 0 Å². The van der Waals surface area contributed by atoms with E-state index in [-0.39, 0.29) is 12.5 Å². The van der Waals surface area contributed by atoms with Crippen molar-refractivity contribution < 1.29 is 9.59 Å². The van der Waals surface area contributed by atoms with Crippen LogP contribution in [-0.4, -0.2) is 23.6 Å². The molecule has 74 valence electrons. The van der Waals surface area contributed by atoms with Gasteiger partial charge in [-0.3, -0.25) is 4.79 Å². The predicted molar refractivity (Wildman–Crippen MR) is 53.6 cm³/mol. The minimum Gasteiger partial charge on any atom is -0.332 e. The Balaban J connectivity index is 2.64. The largest absolute Gasteiger partial charge is 0.332 e. The lowest BCUT2D eigenvalue weighted by Gasteiger charge is -2.17.